The largest absolute Gasteiger partial charge is 0.360 e. The van der Waals surface area contributed by atoms with Gasteiger partial charge < -0.3 is 5.32 Å². The first-order chi connectivity index (χ1) is 5.60. The van der Waals surface area contributed by atoms with Crippen molar-refractivity contribution >= 4 is 12.6 Å². The van der Waals surface area contributed by atoms with Gasteiger partial charge in [0.2, 0.25) is 0 Å². The number of nitrogens with zero attached hydrogens (tertiary/aromatic N) is 2. The first-order valence-corrected chi connectivity index (χ1v) is 3.56. The minimum absolute atomic E-state index is 0.227. The Balaban J connectivity index is 3.06. The van der Waals surface area contributed by atoms with Gasteiger partial charge in [-0.25, -0.2) is 0 Å². The van der Waals surface area contributed by atoms with E-state index in [9.17, 15) is 0 Å². The van der Waals surface area contributed by atoms with Gasteiger partial charge in [0.1, 0.15) is 6.07 Å². The normalized spacial score (nSPS) is 27.3. The summed E-state index contributed by atoms with van der Waals surface area (Å²) in [6.07, 6.45) is 2.83. The van der Waals surface area contributed by atoms with Crippen LogP contribution in [0.5, 0.6) is 0 Å². The van der Waals surface area contributed by atoms with E-state index < -0.39 is 4.99 Å². The summed E-state index contributed by atoms with van der Waals surface area (Å²) in [7, 11) is 0. The predicted octanol–water partition coefficient (Wildman–Crippen LogP) is -0.0106. The Labute approximate surface area is 75.4 Å². The molecular weight excluding hydrogens is 172 g/mol. The third-order valence-corrected chi connectivity index (χ3v) is 1.78. The Kier molecular flexibility index (Phi) is 2.09. The van der Waals surface area contributed by atoms with Crippen LogP contribution in [0.3, 0.4) is 0 Å². The van der Waals surface area contributed by atoms with Crippen molar-refractivity contribution in [2.24, 2.45) is 5.73 Å². The van der Waals surface area contributed by atoms with E-state index in [1.54, 1.807) is 0 Å². The highest BCUT2D eigenvalue weighted by molar-refractivity contribution is 7.82. The Morgan fingerprint density at radius 2 is 2.17 bits per heavy atom. The number of allylic oxidation sites excluding steroid dienone is 2. The van der Waals surface area contributed by atoms with Gasteiger partial charge in [-0.2, -0.15) is 10.5 Å². The van der Waals surface area contributed by atoms with Crippen molar-refractivity contribution < 1.29 is 0 Å². The van der Waals surface area contributed by atoms with Crippen LogP contribution in [0.2, 0.25) is 0 Å². The van der Waals surface area contributed by atoms with Crippen LogP contribution in [-0.2, 0) is 0 Å². The summed E-state index contributed by atoms with van der Waals surface area (Å²) in [4.78, 5) is -1.16. The molecular formula is C7H6N4S. The lowest BCUT2D eigenvalue weighted by atomic mass is 10.1. The predicted molar refractivity (Wildman–Crippen MR) is 46.4 cm³/mol. The van der Waals surface area contributed by atoms with Crippen molar-refractivity contribution in [2.75, 3.05) is 0 Å². The molecule has 0 fully saturated rings. The molecule has 0 bridgehead atoms. The number of rotatable bonds is 0. The monoisotopic (exact) mass is 178 g/mol. The van der Waals surface area contributed by atoms with Crippen molar-refractivity contribution in [3.63, 3.8) is 0 Å². The maximum atomic E-state index is 8.62. The number of nitrogens with two attached hydrogens (primary N) is 1. The molecule has 1 unspecified atom stereocenters. The summed E-state index contributed by atoms with van der Waals surface area (Å²) in [5, 5.41) is 19.7. The lowest BCUT2D eigenvalue weighted by Crippen LogP contribution is -2.48. The summed E-state index contributed by atoms with van der Waals surface area (Å²) in [6.45, 7) is 0. The highest BCUT2D eigenvalue weighted by Crippen LogP contribution is 2.20. The minimum Gasteiger partial charge on any atom is -0.360 e. The Hall–Kier alpha value is -1.43. The molecule has 5 heteroatoms. The molecule has 0 radical (unpaired) electrons. The fraction of sp³-hybridized carbons (Fsp3) is 0.143. The third-order valence-electron chi connectivity index (χ3n) is 1.41. The number of nitrogens with one attached hydrogen (secondary N) is 1. The summed E-state index contributed by atoms with van der Waals surface area (Å²) >= 11 is 3.99. The van der Waals surface area contributed by atoms with Gasteiger partial charge in [-0.1, -0.05) is 0 Å². The molecule has 60 valence electrons. The van der Waals surface area contributed by atoms with E-state index >= 15 is 0 Å². The van der Waals surface area contributed by atoms with Crippen LogP contribution in [0.15, 0.2) is 23.4 Å². The Morgan fingerprint density at radius 1 is 1.50 bits per heavy atom. The number of hydrogen-bond acceptors (Lipinski definition) is 5. The van der Waals surface area contributed by atoms with Crippen LogP contribution in [0, 0.1) is 22.7 Å². The number of thiol groups is 1. The quantitative estimate of drug-likeness (QED) is 0.359. The molecule has 0 aromatic carbocycles. The smallest absolute Gasteiger partial charge is 0.168 e. The molecule has 1 aliphatic rings. The highest BCUT2D eigenvalue weighted by atomic mass is 32.1. The van der Waals surface area contributed by atoms with E-state index in [0.29, 0.717) is 5.57 Å². The lowest BCUT2D eigenvalue weighted by Gasteiger charge is -2.25. The van der Waals surface area contributed by atoms with E-state index in [4.69, 9.17) is 16.3 Å². The molecule has 0 spiro atoms. The van der Waals surface area contributed by atoms with E-state index in [1.807, 2.05) is 12.1 Å². The van der Waals surface area contributed by atoms with E-state index in [2.05, 4.69) is 17.9 Å². The zero-order chi connectivity index (χ0) is 9.19. The zero-order valence-corrected chi connectivity index (χ0v) is 6.97. The van der Waals surface area contributed by atoms with E-state index in [-0.39, 0.29) is 5.57 Å². The van der Waals surface area contributed by atoms with Crippen LogP contribution in [0.25, 0.3) is 0 Å². The Bertz CT molecular complexity index is 339. The molecule has 1 atom stereocenters. The summed E-state index contributed by atoms with van der Waals surface area (Å²) in [6, 6.07) is 3.75. The maximum absolute atomic E-state index is 8.62. The van der Waals surface area contributed by atoms with Gasteiger partial charge in [0.25, 0.3) is 0 Å². The second kappa shape index (κ2) is 2.90. The molecule has 0 aromatic rings. The van der Waals surface area contributed by atoms with Gasteiger partial charge in [-0.05, 0) is 6.08 Å². The average Bonchev–Trinajstić information content (AvgIpc) is 2.04. The first-order valence-electron chi connectivity index (χ1n) is 3.11. The number of nitriles is 2. The molecule has 1 aliphatic heterocycles. The summed E-state index contributed by atoms with van der Waals surface area (Å²) in [5.41, 5.74) is 6.15. The van der Waals surface area contributed by atoms with Gasteiger partial charge >= 0.3 is 0 Å². The molecule has 0 aliphatic carbocycles. The number of hydrogen-bond donors (Lipinski definition) is 3. The SMILES string of the molecule is N#CC1=CNC(N)(S)C(C#N)=C1. The molecule has 1 heterocycles. The second-order valence-electron chi connectivity index (χ2n) is 2.29. The van der Waals surface area contributed by atoms with Gasteiger partial charge in [0, 0.05) is 6.20 Å². The van der Waals surface area contributed by atoms with Crippen molar-refractivity contribution in [1.29, 1.82) is 10.5 Å². The molecule has 0 aromatic heterocycles. The molecule has 0 saturated heterocycles. The first kappa shape index (κ1) is 8.66. The second-order valence-corrected chi connectivity index (χ2v) is 3.00. The average molecular weight is 178 g/mol. The van der Waals surface area contributed by atoms with Crippen LogP contribution in [0.1, 0.15) is 0 Å². The van der Waals surface area contributed by atoms with Gasteiger partial charge in [-0.15, -0.1) is 12.6 Å². The molecule has 0 saturated carbocycles. The summed E-state index contributed by atoms with van der Waals surface area (Å²) < 4.78 is 0. The standard InChI is InChI=1S/C7H6N4S/c8-2-5-1-6(3-9)7(10,12)11-4-5/h1,4,11-12H,10H2. The van der Waals surface area contributed by atoms with Gasteiger partial charge in [-0.3, -0.25) is 5.73 Å². The Morgan fingerprint density at radius 3 is 2.67 bits per heavy atom. The maximum Gasteiger partial charge on any atom is 0.168 e. The molecule has 3 N–H and O–H groups in total. The van der Waals surface area contributed by atoms with Crippen molar-refractivity contribution in [3.8, 4) is 12.1 Å². The van der Waals surface area contributed by atoms with Crippen LogP contribution in [0.4, 0.5) is 0 Å². The van der Waals surface area contributed by atoms with Crippen LogP contribution < -0.4 is 11.1 Å². The highest BCUT2D eigenvalue weighted by Gasteiger charge is 2.26. The van der Waals surface area contributed by atoms with Crippen molar-refractivity contribution in [3.05, 3.63) is 23.4 Å². The summed E-state index contributed by atoms with van der Waals surface area (Å²) in [5.74, 6) is 0. The number of dihydropyridines is 1. The third kappa shape index (κ3) is 1.42. The van der Waals surface area contributed by atoms with Gasteiger partial charge in [0.05, 0.1) is 17.2 Å². The topological polar surface area (TPSA) is 85.6 Å². The van der Waals surface area contributed by atoms with Crippen molar-refractivity contribution in [2.45, 2.75) is 4.99 Å². The van der Waals surface area contributed by atoms with Gasteiger partial charge in [0.15, 0.2) is 4.99 Å². The van der Waals surface area contributed by atoms with E-state index in [1.165, 1.54) is 12.3 Å². The molecule has 4 nitrogen and oxygen atoms in total. The van der Waals surface area contributed by atoms with Crippen LogP contribution >= 0.6 is 12.6 Å². The molecule has 12 heavy (non-hydrogen) atoms. The lowest BCUT2D eigenvalue weighted by molar-refractivity contribution is 0.646. The fourth-order valence-electron chi connectivity index (χ4n) is 0.755. The fourth-order valence-corrected chi connectivity index (χ4v) is 0.934. The molecule has 0 amide bonds. The van der Waals surface area contributed by atoms with E-state index in [0.717, 1.165) is 0 Å². The molecule has 1 rings (SSSR count). The minimum atomic E-state index is -1.16. The zero-order valence-electron chi connectivity index (χ0n) is 6.07. The van der Waals surface area contributed by atoms with Crippen LogP contribution in [-0.4, -0.2) is 4.99 Å². The van der Waals surface area contributed by atoms with Crippen molar-refractivity contribution in [1.82, 2.24) is 5.32 Å².